The second-order valence-corrected chi connectivity index (χ2v) is 12.2. The molecule has 0 saturated carbocycles. The average molecular weight is 641 g/mol. The summed E-state index contributed by atoms with van der Waals surface area (Å²) in [5, 5.41) is 22.8. The van der Waals surface area contributed by atoms with Crippen LogP contribution in [-0.4, -0.2) is 52.7 Å². The molecule has 1 heterocycles. The highest BCUT2D eigenvalue weighted by atomic mass is 127. The highest BCUT2D eigenvalue weighted by Crippen LogP contribution is 2.40. The Morgan fingerprint density at radius 2 is 1.72 bits per heavy atom. The molecule has 3 aromatic rings. The molecule has 0 spiro atoms. The maximum atomic E-state index is 13.6. The fraction of sp³-hybridized carbons (Fsp3) is 0.375. The van der Waals surface area contributed by atoms with Crippen molar-refractivity contribution < 1.29 is 19.8 Å². The van der Waals surface area contributed by atoms with E-state index in [0.29, 0.717) is 18.9 Å². The molecule has 7 heteroatoms. The number of phenols is 1. The lowest BCUT2D eigenvalue weighted by molar-refractivity contribution is -0.142. The zero-order valence-electron chi connectivity index (χ0n) is 22.5. The number of carbonyl (C=O) groups is 2. The summed E-state index contributed by atoms with van der Waals surface area (Å²) in [6, 6.07) is 24.1. The Morgan fingerprint density at radius 3 is 2.36 bits per heavy atom. The number of halogens is 1. The van der Waals surface area contributed by atoms with Gasteiger partial charge in [-0.05, 0) is 94.3 Å². The highest BCUT2D eigenvalue weighted by molar-refractivity contribution is 14.1. The number of aromatic hydroxyl groups is 1. The second kappa shape index (κ2) is 13.0. The van der Waals surface area contributed by atoms with Crippen molar-refractivity contribution in [2.45, 2.75) is 44.6 Å². The summed E-state index contributed by atoms with van der Waals surface area (Å²) in [6.07, 6.45) is 1.68. The van der Waals surface area contributed by atoms with Gasteiger partial charge in [-0.3, -0.25) is 4.79 Å². The van der Waals surface area contributed by atoms with Gasteiger partial charge in [-0.2, -0.15) is 0 Å². The molecule has 3 N–H and O–H groups in total. The van der Waals surface area contributed by atoms with Crippen LogP contribution in [0.4, 0.5) is 0 Å². The van der Waals surface area contributed by atoms with Crippen LogP contribution in [0.25, 0.3) is 0 Å². The van der Waals surface area contributed by atoms with E-state index in [1.807, 2.05) is 66.7 Å². The lowest BCUT2D eigenvalue weighted by Gasteiger charge is -2.45. The van der Waals surface area contributed by atoms with Crippen LogP contribution in [0.5, 0.6) is 5.75 Å². The highest BCUT2D eigenvalue weighted by Gasteiger charge is 2.39. The third-order valence-electron chi connectivity index (χ3n) is 8.21. The van der Waals surface area contributed by atoms with Crippen molar-refractivity contribution in [2.24, 2.45) is 11.8 Å². The van der Waals surface area contributed by atoms with Gasteiger partial charge < -0.3 is 20.4 Å². The predicted octanol–water partition coefficient (Wildman–Crippen LogP) is 5.27. The summed E-state index contributed by atoms with van der Waals surface area (Å²) in [5.74, 6) is -1.06. The molecule has 0 aromatic heterocycles. The van der Waals surface area contributed by atoms with Gasteiger partial charge in [0.2, 0.25) is 5.91 Å². The monoisotopic (exact) mass is 640 g/mol. The molecule has 1 saturated heterocycles. The van der Waals surface area contributed by atoms with E-state index in [1.54, 1.807) is 6.07 Å². The van der Waals surface area contributed by atoms with Crippen LogP contribution in [0.2, 0.25) is 0 Å². The van der Waals surface area contributed by atoms with Gasteiger partial charge in [0.1, 0.15) is 11.8 Å². The Balaban J connectivity index is 1.48. The Labute approximate surface area is 244 Å². The second-order valence-electron chi connectivity index (χ2n) is 11.0. The molecule has 1 amide bonds. The number of aliphatic carboxylic acids is 1. The normalized spacial score (nSPS) is 21.2. The van der Waals surface area contributed by atoms with E-state index in [1.165, 1.54) is 0 Å². The van der Waals surface area contributed by atoms with E-state index >= 15 is 0 Å². The predicted molar refractivity (Wildman–Crippen MR) is 162 cm³/mol. The molecule has 39 heavy (non-hydrogen) atoms. The maximum absolute atomic E-state index is 13.6. The SMILES string of the molecule is C[C@H]1CN(C[C@H](Cc2ccccc2)C(=O)N[C@@H](Cc2ccc(I)cc2)C(=O)O)CC[C@@]1(C)c1cccc(O)c1. The summed E-state index contributed by atoms with van der Waals surface area (Å²) in [4.78, 5) is 28.1. The number of likely N-dealkylation sites (tertiary alicyclic amines) is 1. The van der Waals surface area contributed by atoms with Crippen LogP contribution in [0, 0.1) is 15.4 Å². The molecule has 0 radical (unpaired) electrons. The minimum atomic E-state index is -1.03. The molecule has 4 atom stereocenters. The number of carbonyl (C=O) groups excluding carboxylic acids is 1. The van der Waals surface area contributed by atoms with Gasteiger partial charge in [-0.1, -0.05) is 68.4 Å². The number of rotatable bonds is 10. The van der Waals surface area contributed by atoms with Crippen molar-refractivity contribution in [3.8, 4) is 5.75 Å². The lowest BCUT2D eigenvalue weighted by atomic mass is 9.68. The number of benzene rings is 3. The van der Waals surface area contributed by atoms with Gasteiger partial charge in [0.05, 0.1) is 5.92 Å². The fourth-order valence-electron chi connectivity index (χ4n) is 5.57. The van der Waals surface area contributed by atoms with Crippen molar-refractivity contribution in [2.75, 3.05) is 19.6 Å². The van der Waals surface area contributed by atoms with Crippen molar-refractivity contribution in [1.29, 1.82) is 0 Å². The average Bonchev–Trinajstić information content (AvgIpc) is 2.91. The Bertz CT molecular complexity index is 1270. The Hall–Kier alpha value is -2.91. The molecule has 206 valence electrons. The van der Waals surface area contributed by atoms with Crippen LogP contribution in [0.15, 0.2) is 78.9 Å². The van der Waals surface area contributed by atoms with Crippen LogP contribution >= 0.6 is 22.6 Å². The first-order chi connectivity index (χ1) is 18.6. The first-order valence-corrected chi connectivity index (χ1v) is 14.6. The van der Waals surface area contributed by atoms with Crippen molar-refractivity contribution >= 4 is 34.5 Å². The third kappa shape index (κ3) is 7.60. The largest absolute Gasteiger partial charge is 0.508 e. The third-order valence-corrected chi connectivity index (χ3v) is 8.93. The molecule has 0 aliphatic carbocycles. The maximum Gasteiger partial charge on any atom is 0.326 e. The number of hydrogen-bond acceptors (Lipinski definition) is 4. The Kier molecular flexibility index (Phi) is 9.67. The van der Waals surface area contributed by atoms with E-state index in [0.717, 1.165) is 39.8 Å². The number of phenolic OH excluding ortho intramolecular Hbond substituents is 1. The topological polar surface area (TPSA) is 89.9 Å². The van der Waals surface area contributed by atoms with Gasteiger partial charge in [0, 0.05) is 23.1 Å². The van der Waals surface area contributed by atoms with Crippen molar-refractivity contribution in [1.82, 2.24) is 10.2 Å². The molecule has 0 unspecified atom stereocenters. The number of nitrogens with zero attached hydrogens (tertiary/aromatic N) is 1. The molecular formula is C32H37IN2O4. The number of amides is 1. The van der Waals surface area contributed by atoms with E-state index < -0.39 is 12.0 Å². The minimum absolute atomic E-state index is 0.0751. The number of piperidine rings is 1. The van der Waals surface area contributed by atoms with E-state index in [-0.39, 0.29) is 29.4 Å². The molecule has 1 aliphatic heterocycles. The van der Waals surface area contributed by atoms with Gasteiger partial charge in [-0.15, -0.1) is 0 Å². The lowest BCUT2D eigenvalue weighted by Crippen LogP contribution is -2.52. The molecule has 1 aliphatic rings. The summed E-state index contributed by atoms with van der Waals surface area (Å²) in [6.45, 7) is 6.66. The zero-order chi connectivity index (χ0) is 28.0. The Morgan fingerprint density at radius 1 is 1.03 bits per heavy atom. The van der Waals surface area contributed by atoms with E-state index in [2.05, 4.69) is 52.7 Å². The molecular weight excluding hydrogens is 603 g/mol. The van der Waals surface area contributed by atoms with Crippen LogP contribution in [0.1, 0.15) is 37.0 Å². The molecule has 0 bridgehead atoms. The van der Waals surface area contributed by atoms with E-state index in [4.69, 9.17) is 0 Å². The zero-order valence-corrected chi connectivity index (χ0v) is 24.7. The van der Waals surface area contributed by atoms with Crippen molar-refractivity contribution in [3.63, 3.8) is 0 Å². The minimum Gasteiger partial charge on any atom is -0.508 e. The summed E-state index contributed by atoms with van der Waals surface area (Å²) in [5.41, 5.74) is 2.98. The van der Waals surface area contributed by atoms with Gasteiger partial charge in [0.15, 0.2) is 0 Å². The summed E-state index contributed by atoms with van der Waals surface area (Å²) >= 11 is 2.21. The van der Waals surface area contributed by atoms with Crippen molar-refractivity contribution in [3.05, 3.63) is 99.1 Å². The molecule has 4 rings (SSSR count). The summed E-state index contributed by atoms with van der Waals surface area (Å²) in [7, 11) is 0. The smallest absolute Gasteiger partial charge is 0.326 e. The summed E-state index contributed by atoms with van der Waals surface area (Å²) < 4.78 is 1.08. The number of hydrogen-bond donors (Lipinski definition) is 3. The molecule has 6 nitrogen and oxygen atoms in total. The number of carboxylic acids is 1. The van der Waals surface area contributed by atoms with E-state index in [9.17, 15) is 19.8 Å². The van der Waals surface area contributed by atoms with Gasteiger partial charge in [0.25, 0.3) is 0 Å². The van der Waals surface area contributed by atoms with Crippen LogP contribution < -0.4 is 5.32 Å². The molecule has 3 aromatic carbocycles. The first-order valence-electron chi connectivity index (χ1n) is 13.5. The van der Waals surface area contributed by atoms with Gasteiger partial charge >= 0.3 is 5.97 Å². The number of carboxylic acid groups (broad SMARTS) is 1. The van der Waals surface area contributed by atoms with Crippen LogP contribution in [0.3, 0.4) is 0 Å². The number of nitrogens with one attached hydrogen (secondary N) is 1. The van der Waals surface area contributed by atoms with Crippen LogP contribution in [-0.2, 0) is 27.8 Å². The fourth-order valence-corrected chi connectivity index (χ4v) is 5.93. The van der Waals surface area contributed by atoms with Gasteiger partial charge in [-0.25, -0.2) is 4.79 Å². The first kappa shape index (κ1) is 29.1. The standard InChI is InChI=1S/C32H37IN2O4/c1-22-20-35(16-15-32(22,2)26-9-6-10-28(36)19-26)21-25(17-23-7-4-3-5-8-23)30(37)34-29(31(38)39)18-24-11-13-27(33)14-12-24/h3-14,19,22,25,29,36H,15-18,20-21H2,1-2H3,(H,34,37)(H,38,39)/t22-,25-,29-,32+/m0/s1. The molecule has 1 fully saturated rings. The quantitative estimate of drug-likeness (QED) is 0.263.